The van der Waals surface area contributed by atoms with Crippen molar-refractivity contribution in [2.75, 3.05) is 25.6 Å². The van der Waals surface area contributed by atoms with Crippen molar-refractivity contribution in [1.29, 1.82) is 0 Å². The first kappa shape index (κ1) is 19.5. The fraction of sp³-hybridized carbons (Fsp3) is 0.300. The zero-order chi connectivity index (χ0) is 18.8. The van der Waals surface area contributed by atoms with Crippen LogP contribution in [0.15, 0.2) is 54.6 Å². The number of methoxy groups -OCH3 is 1. The van der Waals surface area contributed by atoms with Crippen molar-refractivity contribution in [1.82, 2.24) is 5.32 Å². The Hall–Kier alpha value is -2.86. The van der Waals surface area contributed by atoms with Gasteiger partial charge in [0.2, 0.25) is 0 Å². The van der Waals surface area contributed by atoms with Crippen molar-refractivity contribution in [3.8, 4) is 5.75 Å². The van der Waals surface area contributed by atoms with E-state index in [0.717, 1.165) is 6.42 Å². The van der Waals surface area contributed by atoms with E-state index < -0.39 is 6.10 Å². The summed E-state index contributed by atoms with van der Waals surface area (Å²) in [4.78, 5) is 24.7. The van der Waals surface area contributed by atoms with Crippen molar-refractivity contribution >= 4 is 17.5 Å². The molecule has 0 radical (unpaired) electrons. The Balaban J connectivity index is 1.98. The minimum absolute atomic E-state index is 0.242. The first-order valence-corrected chi connectivity index (χ1v) is 8.50. The number of rotatable bonds is 9. The Kier molecular flexibility index (Phi) is 7.64. The van der Waals surface area contributed by atoms with Crippen LogP contribution in [0.4, 0.5) is 5.69 Å². The van der Waals surface area contributed by atoms with E-state index in [4.69, 9.17) is 9.47 Å². The Morgan fingerprint density at radius 1 is 1.04 bits per heavy atom. The first-order valence-electron chi connectivity index (χ1n) is 8.50. The largest absolute Gasteiger partial charge is 0.481 e. The fourth-order valence-corrected chi connectivity index (χ4v) is 2.29. The molecule has 6 nitrogen and oxygen atoms in total. The second kappa shape index (κ2) is 10.2. The van der Waals surface area contributed by atoms with Gasteiger partial charge in [-0.05, 0) is 37.6 Å². The third-order valence-electron chi connectivity index (χ3n) is 3.67. The number of carbonyl (C=O) groups excluding carboxylic acids is 2. The summed E-state index contributed by atoms with van der Waals surface area (Å²) in [5, 5.41) is 5.58. The lowest BCUT2D eigenvalue weighted by atomic mass is 10.1. The molecule has 2 N–H and O–H groups in total. The standard InChI is InChI=1S/C20H24N2O4/c1-15(26-16-9-4-3-5-10-16)19(23)22-18-12-7-6-11-17(18)20(24)21-13-8-14-25-2/h3-7,9-12,15H,8,13-14H2,1-2H3,(H,21,24)(H,22,23)/t15-/m1/s1. The summed E-state index contributed by atoms with van der Waals surface area (Å²) in [5.41, 5.74) is 0.857. The van der Waals surface area contributed by atoms with Gasteiger partial charge in [0.05, 0.1) is 11.3 Å². The van der Waals surface area contributed by atoms with Crippen LogP contribution in [-0.4, -0.2) is 38.2 Å². The number of anilines is 1. The molecule has 0 saturated heterocycles. The van der Waals surface area contributed by atoms with E-state index in [0.29, 0.717) is 30.2 Å². The van der Waals surface area contributed by atoms with Crippen LogP contribution in [0.5, 0.6) is 5.75 Å². The van der Waals surface area contributed by atoms with Crippen LogP contribution in [-0.2, 0) is 9.53 Å². The van der Waals surface area contributed by atoms with Gasteiger partial charge in [-0.3, -0.25) is 9.59 Å². The van der Waals surface area contributed by atoms with E-state index in [9.17, 15) is 9.59 Å². The molecule has 0 saturated carbocycles. The number of carbonyl (C=O) groups is 2. The predicted molar refractivity (Wildman–Crippen MR) is 100 cm³/mol. The lowest BCUT2D eigenvalue weighted by Crippen LogP contribution is -2.32. The third kappa shape index (κ3) is 5.89. The second-order valence-corrected chi connectivity index (χ2v) is 5.71. The van der Waals surface area contributed by atoms with E-state index in [1.165, 1.54) is 0 Å². The molecule has 0 aliphatic carbocycles. The van der Waals surface area contributed by atoms with Crippen LogP contribution in [0.3, 0.4) is 0 Å². The molecule has 0 unspecified atom stereocenters. The molecule has 2 aromatic carbocycles. The molecule has 2 aromatic rings. The Morgan fingerprint density at radius 2 is 1.73 bits per heavy atom. The molecule has 2 rings (SSSR count). The number of ether oxygens (including phenoxy) is 2. The first-order chi connectivity index (χ1) is 12.6. The SMILES string of the molecule is COCCCNC(=O)c1ccccc1NC(=O)[C@@H](C)Oc1ccccc1. The molecule has 6 heteroatoms. The molecule has 0 aromatic heterocycles. The molecule has 26 heavy (non-hydrogen) atoms. The minimum Gasteiger partial charge on any atom is -0.481 e. The van der Waals surface area contributed by atoms with Gasteiger partial charge in [-0.15, -0.1) is 0 Å². The summed E-state index contributed by atoms with van der Waals surface area (Å²) in [6.45, 7) is 2.74. The zero-order valence-corrected chi connectivity index (χ0v) is 15.0. The molecule has 1 atom stereocenters. The van der Waals surface area contributed by atoms with Crippen LogP contribution in [0.1, 0.15) is 23.7 Å². The quantitative estimate of drug-likeness (QED) is 0.678. The molecule has 138 valence electrons. The number of hydrogen-bond donors (Lipinski definition) is 2. The van der Waals surface area contributed by atoms with Crippen LogP contribution >= 0.6 is 0 Å². The highest BCUT2D eigenvalue weighted by Crippen LogP contribution is 2.17. The summed E-state index contributed by atoms with van der Waals surface area (Å²) in [7, 11) is 1.62. The van der Waals surface area contributed by atoms with Crippen molar-refractivity contribution in [3.05, 3.63) is 60.2 Å². The topological polar surface area (TPSA) is 76.7 Å². The normalized spacial score (nSPS) is 11.5. The van der Waals surface area contributed by atoms with Crippen LogP contribution < -0.4 is 15.4 Å². The number of nitrogens with one attached hydrogen (secondary N) is 2. The van der Waals surface area contributed by atoms with Crippen LogP contribution in [0, 0.1) is 0 Å². The number of amides is 2. The van der Waals surface area contributed by atoms with Gasteiger partial charge >= 0.3 is 0 Å². The van der Waals surface area contributed by atoms with Gasteiger partial charge in [0.15, 0.2) is 6.10 Å². The van der Waals surface area contributed by atoms with E-state index in [-0.39, 0.29) is 11.8 Å². The van der Waals surface area contributed by atoms with Gasteiger partial charge in [-0.1, -0.05) is 30.3 Å². The Bertz CT molecular complexity index is 719. The summed E-state index contributed by atoms with van der Waals surface area (Å²) in [6.07, 6.45) is 0.0221. The van der Waals surface area contributed by atoms with Crippen molar-refractivity contribution in [3.63, 3.8) is 0 Å². The molecule has 0 fully saturated rings. The van der Waals surface area contributed by atoms with Gasteiger partial charge in [-0.2, -0.15) is 0 Å². The number of benzene rings is 2. The molecular formula is C20H24N2O4. The van der Waals surface area contributed by atoms with Crippen molar-refractivity contribution < 1.29 is 19.1 Å². The summed E-state index contributed by atoms with van der Waals surface area (Å²) < 4.78 is 10.6. The van der Waals surface area contributed by atoms with Gasteiger partial charge in [0.25, 0.3) is 11.8 Å². The fourth-order valence-electron chi connectivity index (χ4n) is 2.29. The van der Waals surface area contributed by atoms with Gasteiger partial charge in [-0.25, -0.2) is 0 Å². The zero-order valence-electron chi connectivity index (χ0n) is 15.0. The average molecular weight is 356 g/mol. The average Bonchev–Trinajstić information content (AvgIpc) is 2.66. The third-order valence-corrected chi connectivity index (χ3v) is 3.67. The number of hydrogen-bond acceptors (Lipinski definition) is 4. The molecule has 2 amide bonds. The maximum Gasteiger partial charge on any atom is 0.265 e. The maximum absolute atomic E-state index is 12.4. The monoisotopic (exact) mass is 356 g/mol. The molecule has 0 aliphatic heterocycles. The van der Waals surface area contributed by atoms with Gasteiger partial charge in [0, 0.05) is 20.3 Å². The highest BCUT2D eigenvalue weighted by Gasteiger charge is 2.18. The lowest BCUT2D eigenvalue weighted by Gasteiger charge is -2.16. The Labute approximate surface area is 153 Å². The van der Waals surface area contributed by atoms with Gasteiger partial charge < -0.3 is 20.1 Å². The van der Waals surface area contributed by atoms with E-state index >= 15 is 0 Å². The molecule has 0 bridgehead atoms. The van der Waals surface area contributed by atoms with E-state index in [1.54, 1.807) is 50.4 Å². The maximum atomic E-state index is 12.4. The Morgan fingerprint density at radius 3 is 2.46 bits per heavy atom. The predicted octanol–water partition coefficient (Wildman–Crippen LogP) is 2.86. The van der Waals surface area contributed by atoms with E-state index in [1.807, 2.05) is 18.2 Å². The summed E-state index contributed by atoms with van der Waals surface area (Å²) in [5.74, 6) is 0.0430. The number of para-hydroxylation sites is 2. The summed E-state index contributed by atoms with van der Waals surface area (Å²) in [6, 6.07) is 16.0. The van der Waals surface area contributed by atoms with Crippen LogP contribution in [0.25, 0.3) is 0 Å². The highest BCUT2D eigenvalue weighted by molar-refractivity contribution is 6.04. The smallest absolute Gasteiger partial charge is 0.265 e. The van der Waals surface area contributed by atoms with E-state index in [2.05, 4.69) is 10.6 Å². The molecular weight excluding hydrogens is 332 g/mol. The lowest BCUT2D eigenvalue weighted by molar-refractivity contribution is -0.122. The molecule has 0 spiro atoms. The second-order valence-electron chi connectivity index (χ2n) is 5.71. The summed E-state index contributed by atoms with van der Waals surface area (Å²) >= 11 is 0. The van der Waals surface area contributed by atoms with Crippen molar-refractivity contribution in [2.24, 2.45) is 0 Å². The van der Waals surface area contributed by atoms with Crippen molar-refractivity contribution in [2.45, 2.75) is 19.4 Å². The van der Waals surface area contributed by atoms with Gasteiger partial charge in [0.1, 0.15) is 5.75 Å². The van der Waals surface area contributed by atoms with Crippen LogP contribution in [0.2, 0.25) is 0 Å². The molecule has 0 aliphatic rings. The molecule has 0 heterocycles. The highest BCUT2D eigenvalue weighted by atomic mass is 16.5. The minimum atomic E-state index is -0.699.